The van der Waals surface area contributed by atoms with Crippen LogP contribution >= 0.6 is 24.0 Å². The van der Waals surface area contributed by atoms with Gasteiger partial charge in [0.1, 0.15) is 0 Å². The second-order valence-corrected chi connectivity index (χ2v) is 5.00. The van der Waals surface area contributed by atoms with Gasteiger partial charge in [0.2, 0.25) is 5.91 Å². The van der Waals surface area contributed by atoms with Crippen molar-refractivity contribution >= 4 is 34.2 Å². The zero-order valence-electron chi connectivity index (χ0n) is 9.03. The van der Waals surface area contributed by atoms with Crippen LogP contribution < -0.4 is 10.9 Å². The number of carbonyl (C=O) groups excluding carboxylic acids is 1. The Kier molecular flexibility index (Phi) is 5.88. The Balaban J connectivity index is 2.29. The zero-order chi connectivity index (χ0) is 11.8. The third-order valence-corrected chi connectivity index (χ3v) is 2.90. The van der Waals surface area contributed by atoms with E-state index in [1.165, 1.54) is 11.8 Å². The lowest BCUT2D eigenvalue weighted by molar-refractivity contribution is -0.120. The fraction of sp³-hybridized carbons (Fsp3) is 0.273. The van der Waals surface area contributed by atoms with Crippen molar-refractivity contribution < 1.29 is 4.79 Å². The van der Waals surface area contributed by atoms with Crippen LogP contribution in [-0.2, 0) is 11.2 Å². The zero-order valence-corrected chi connectivity index (χ0v) is 10.7. The molecule has 2 N–H and O–H groups in total. The fourth-order valence-corrected chi connectivity index (χ4v) is 1.90. The van der Waals surface area contributed by atoms with Gasteiger partial charge in [-0.2, -0.15) is 0 Å². The van der Waals surface area contributed by atoms with E-state index in [-0.39, 0.29) is 5.91 Å². The molecule has 0 spiro atoms. The summed E-state index contributed by atoms with van der Waals surface area (Å²) in [5, 5.41) is 0. The number of thioether (sulfide) groups is 1. The molecule has 0 fully saturated rings. The Bertz CT molecular complexity index is 354. The standard InChI is InChI=1S/C11H14N2OS2/c1-2-16-11(15)13-12-10(14)8-9-6-4-3-5-7-9/h3-7H,2,8H2,1H3,(H,12,14)(H,13,15). The van der Waals surface area contributed by atoms with Crippen LogP contribution in [0.2, 0.25) is 0 Å². The number of benzene rings is 1. The quantitative estimate of drug-likeness (QED) is 0.638. The summed E-state index contributed by atoms with van der Waals surface area (Å²) >= 11 is 6.46. The number of thiocarbonyl (C=S) groups is 1. The van der Waals surface area contributed by atoms with Gasteiger partial charge in [-0.05, 0) is 11.3 Å². The van der Waals surface area contributed by atoms with Gasteiger partial charge in [0, 0.05) is 0 Å². The first-order chi connectivity index (χ1) is 7.72. The van der Waals surface area contributed by atoms with E-state index in [2.05, 4.69) is 10.9 Å². The van der Waals surface area contributed by atoms with Crippen LogP contribution in [0.3, 0.4) is 0 Å². The lowest BCUT2D eigenvalue weighted by atomic mass is 10.1. The first-order valence-corrected chi connectivity index (χ1v) is 6.37. The van der Waals surface area contributed by atoms with Gasteiger partial charge in [-0.15, -0.1) is 0 Å². The molecule has 0 aromatic heterocycles. The molecular formula is C11H14N2OS2. The minimum atomic E-state index is -0.0924. The van der Waals surface area contributed by atoms with Crippen molar-refractivity contribution in [1.29, 1.82) is 0 Å². The normalized spacial score (nSPS) is 9.56. The van der Waals surface area contributed by atoms with E-state index in [1.54, 1.807) is 0 Å². The van der Waals surface area contributed by atoms with Gasteiger partial charge in [-0.25, -0.2) is 0 Å². The molecule has 0 atom stereocenters. The molecule has 0 bridgehead atoms. The number of hydrogen-bond acceptors (Lipinski definition) is 3. The molecule has 0 saturated heterocycles. The lowest BCUT2D eigenvalue weighted by Gasteiger charge is -2.08. The molecule has 0 unspecified atom stereocenters. The van der Waals surface area contributed by atoms with Crippen molar-refractivity contribution in [1.82, 2.24) is 10.9 Å². The van der Waals surface area contributed by atoms with Gasteiger partial charge in [-0.3, -0.25) is 15.6 Å². The number of rotatable bonds is 3. The molecule has 1 amide bonds. The van der Waals surface area contributed by atoms with E-state index in [9.17, 15) is 4.79 Å². The Morgan fingerprint density at radius 1 is 1.31 bits per heavy atom. The van der Waals surface area contributed by atoms with Gasteiger partial charge < -0.3 is 0 Å². The second kappa shape index (κ2) is 7.24. The predicted molar refractivity (Wildman–Crippen MR) is 72.2 cm³/mol. The van der Waals surface area contributed by atoms with Crippen LogP contribution in [0.5, 0.6) is 0 Å². The molecule has 3 nitrogen and oxygen atoms in total. The topological polar surface area (TPSA) is 41.1 Å². The summed E-state index contributed by atoms with van der Waals surface area (Å²) in [6, 6.07) is 9.57. The summed E-state index contributed by atoms with van der Waals surface area (Å²) < 4.78 is 0.587. The molecule has 16 heavy (non-hydrogen) atoms. The summed E-state index contributed by atoms with van der Waals surface area (Å²) in [5.74, 6) is 0.797. The molecule has 0 saturated carbocycles. The number of nitrogens with one attached hydrogen (secondary N) is 2. The first-order valence-electron chi connectivity index (χ1n) is 4.98. The van der Waals surface area contributed by atoms with Crippen molar-refractivity contribution in [3.63, 3.8) is 0 Å². The molecule has 0 aliphatic rings. The molecule has 1 aromatic rings. The lowest BCUT2D eigenvalue weighted by Crippen LogP contribution is -2.40. The average molecular weight is 254 g/mol. The molecule has 0 heterocycles. The summed E-state index contributed by atoms with van der Waals surface area (Å²) in [6.07, 6.45) is 0.354. The van der Waals surface area contributed by atoms with Gasteiger partial charge >= 0.3 is 0 Å². The Labute approximate surface area is 105 Å². The Hall–Kier alpha value is -1.07. The van der Waals surface area contributed by atoms with Crippen LogP contribution in [0, 0.1) is 0 Å². The van der Waals surface area contributed by atoms with Crippen molar-refractivity contribution in [2.45, 2.75) is 13.3 Å². The maximum atomic E-state index is 11.5. The van der Waals surface area contributed by atoms with Crippen molar-refractivity contribution in [2.75, 3.05) is 5.75 Å². The van der Waals surface area contributed by atoms with Crippen LogP contribution in [-0.4, -0.2) is 16.0 Å². The highest BCUT2D eigenvalue weighted by Gasteiger charge is 2.02. The molecule has 0 aliphatic carbocycles. The van der Waals surface area contributed by atoms with Crippen molar-refractivity contribution in [2.24, 2.45) is 0 Å². The second-order valence-electron chi connectivity index (χ2n) is 3.06. The highest BCUT2D eigenvalue weighted by atomic mass is 32.2. The maximum absolute atomic E-state index is 11.5. The highest BCUT2D eigenvalue weighted by molar-refractivity contribution is 8.22. The fourth-order valence-electron chi connectivity index (χ4n) is 1.11. The highest BCUT2D eigenvalue weighted by Crippen LogP contribution is 2.00. The number of carbonyl (C=O) groups is 1. The van der Waals surface area contributed by atoms with Crippen LogP contribution in [0.4, 0.5) is 0 Å². The number of amides is 1. The summed E-state index contributed by atoms with van der Waals surface area (Å²) in [7, 11) is 0. The Morgan fingerprint density at radius 2 is 2.00 bits per heavy atom. The van der Waals surface area contributed by atoms with E-state index in [1.807, 2.05) is 37.3 Å². The van der Waals surface area contributed by atoms with Crippen LogP contribution in [0.1, 0.15) is 12.5 Å². The molecule has 0 radical (unpaired) electrons. The molecule has 0 aliphatic heterocycles. The maximum Gasteiger partial charge on any atom is 0.242 e. The third-order valence-electron chi connectivity index (χ3n) is 1.79. The molecule has 86 valence electrons. The molecular weight excluding hydrogens is 240 g/mol. The minimum Gasteiger partial charge on any atom is -0.283 e. The van der Waals surface area contributed by atoms with Crippen molar-refractivity contribution in [3.8, 4) is 0 Å². The first kappa shape index (κ1) is 13.0. The van der Waals surface area contributed by atoms with E-state index in [0.717, 1.165) is 11.3 Å². The number of hydrogen-bond donors (Lipinski definition) is 2. The molecule has 1 rings (SSSR count). The van der Waals surface area contributed by atoms with Crippen molar-refractivity contribution in [3.05, 3.63) is 35.9 Å². The SMILES string of the molecule is CCSC(=S)NNC(=O)Cc1ccccc1. The van der Waals surface area contributed by atoms with Gasteiger partial charge in [0.25, 0.3) is 0 Å². The predicted octanol–water partition coefficient (Wildman–Crippen LogP) is 1.89. The smallest absolute Gasteiger partial charge is 0.242 e. The summed E-state index contributed by atoms with van der Waals surface area (Å²) in [6.45, 7) is 2.00. The summed E-state index contributed by atoms with van der Waals surface area (Å²) in [5.41, 5.74) is 6.25. The van der Waals surface area contributed by atoms with Gasteiger partial charge in [0.15, 0.2) is 4.32 Å². The summed E-state index contributed by atoms with van der Waals surface area (Å²) in [4.78, 5) is 11.5. The van der Waals surface area contributed by atoms with E-state index < -0.39 is 0 Å². The third kappa shape index (κ3) is 5.14. The van der Waals surface area contributed by atoms with Crippen LogP contribution in [0.15, 0.2) is 30.3 Å². The largest absolute Gasteiger partial charge is 0.283 e. The monoisotopic (exact) mass is 254 g/mol. The van der Waals surface area contributed by atoms with E-state index >= 15 is 0 Å². The molecule has 5 heteroatoms. The Morgan fingerprint density at radius 3 is 2.62 bits per heavy atom. The van der Waals surface area contributed by atoms with E-state index in [0.29, 0.717) is 10.7 Å². The van der Waals surface area contributed by atoms with Gasteiger partial charge in [-0.1, -0.05) is 61.2 Å². The molecule has 1 aromatic carbocycles. The number of hydrazine groups is 1. The van der Waals surface area contributed by atoms with Gasteiger partial charge in [0.05, 0.1) is 6.42 Å². The minimum absolute atomic E-state index is 0.0924. The average Bonchev–Trinajstić information content (AvgIpc) is 2.28. The van der Waals surface area contributed by atoms with E-state index in [4.69, 9.17) is 12.2 Å². The van der Waals surface area contributed by atoms with Crippen LogP contribution in [0.25, 0.3) is 0 Å².